The van der Waals surface area contributed by atoms with Gasteiger partial charge in [0.15, 0.2) is 0 Å². The van der Waals surface area contributed by atoms with E-state index in [-0.39, 0.29) is 0 Å². The van der Waals surface area contributed by atoms with Crippen LogP contribution in [0.5, 0.6) is 0 Å². The minimum atomic E-state index is 0.986. The molecule has 0 heterocycles. The maximum atomic E-state index is 3.54. The van der Waals surface area contributed by atoms with E-state index in [2.05, 4.69) is 47.1 Å². The van der Waals surface area contributed by atoms with Gasteiger partial charge in [0.25, 0.3) is 0 Å². The molecule has 0 N–H and O–H groups in total. The van der Waals surface area contributed by atoms with E-state index >= 15 is 0 Å². The molecule has 0 spiro atoms. The lowest BCUT2D eigenvalue weighted by Gasteiger charge is -2.38. The molecule has 2 saturated carbocycles. The Morgan fingerprint density at radius 2 is 1.26 bits per heavy atom. The monoisotopic (exact) mass is 432 g/mol. The summed E-state index contributed by atoms with van der Waals surface area (Å²) >= 11 is 3.54. The van der Waals surface area contributed by atoms with Gasteiger partial charge >= 0.3 is 0 Å². The van der Waals surface area contributed by atoms with Crippen LogP contribution in [0.3, 0.4) is 0 Å². The van der Waals surface area contributed by atoms with Crippen molar-refractivity contribution in [2.45, 2.75) is 103 Å². The predicted octanol–water partition coefficient (Wildman–Crippen LogP) is 8.96. The van der Waals surface area contributed by atoms with Gasteiger partial charge in [0.1, 0.15) is 0 Å². The Balaban J connectivity index is 1.30. The van der Waals surface area contributed by atoms with Crippen molar-refractivity contribution in [3.63, 3.8) is 0 Å². The van der Waals surface area contributed by atoms with Crippen molar-refractivity contribution in [3.8, 4) is 0 Å². The van der Waals surface area contributed by atoms with E-state index in [0.717, 1.165) is 23.7 Å². The minimum Gasteiger partial charge on any atom is -0.0654 e. The summed E-state index contributed by atoms with van der Waals surface area (Å²) in [5.74, 6) is 4.19. The summed E-state index contributed by atoms with van der Waals surface area (Å²) in [5, 5.41) is 0. The molecule has 1 aromatic rings. The van der Waals surface area contributed by atoms with Gasteiger partial charge < -0.3 is 0 Å². The van der Waals surface area contributed by atoms with E-state index in [1.54, 1.807) is 25.7 Å². The Morgan fingerprint density at radius 3 is 1.81 bits per heavy atom. The van der Waals surface area contributed by atoms with Gasteiger partial charge in [0.2, 0.25) is 0 Å². The molecule has 0 aromatic heterocycles. The fraction of sp³-hybridized carbons (Fsp3) is 0.769. The summed E-state index contributed by atoms with van der Waals surface area (Å²) in [6.45, 7) is 2.32. The highest BCUT2D eigenvalue weighted by molar-refractivity contribution is 9.10. The van der Waals surface area contributed by atoms with E-state index in [1.165, 1.54) is 80.7 Å². The van der Waals surface area contributed by atoms with Crippen molar-refractivity contribution in [3.05, 3.63) is 34.3 Å². The largest absolute Gasteiger partial charge is 0.0654 e. The Labute approximate surface area is 177 Å². The molecule has 2 fully saturated rings. The standard InChI is InChI=1S/C26H41Br/c1-2-3-4-5-6-21-9-15-24(16-10-21)25-17-11-22(12-18-25)7-8-23-13-19-26(27)20-14-23/h13-14,19-22,24-25H,2-12,15-18H2,1H3. The van der Waals surface area contributed by atoms with Crippen molar-refractivity contribution in [2.24, 2.45) is 23.7 Å². The van der Waals surface area contributed by atoms with E-state index in [0.29, 0.717) is 0 Å². The van der Waals surface area contributed by atoms with Gasteiger partial charge in [0, 0.05) is 4.47 Å². The first-order chi connectivity index (χ1) is 13.2. The second kappa shape index (κ2) is 11.6. The van der Waals surface area contributed by atoms with Crippen LogP contribution in [0.4, 0.5) is 0 Å². The second-order valence-electron chi connectivity index (χ2n) is 9.58. The maximum absolute atomic E-state index is 3.54. The van der Waals surface area contributed by atoms with Gasteiger partial charge in [-0.2, -0.15) is 0 Å². The lowest BCUT2D eigenvalue weighted by molar-refractivity contribution is 0.140. The maximum Gasteiger partial charge on any atom is 0.0175 e. The molecule has 0 amide bonds. The molecule has 152 valence electrons. The van der Waals surface area contributed by atoms with E-state index < -0.39 is 0 Å². The average Bonchev–Trinajstić information content (AvgIpc) is 2.72. The Hall–Kier alpha value is -0.300. The van der Waals surface area contributed by atoms with Gasteiger partial charge in [-0.25, -0.2) is 0 Å². The van der Waals surface area contributed by atoms with Crippen LogP contribution in [0.25, 0.3) is 0 Å². The number of halogens is 1. The number of benzene rings is 1. The molecule has 2 aliphatic rings. The summed E-state index contributed by atoms with van der Waals surface area (Å²) < 4.78 is 1.20. The number of hydrogen-bond donors (Lipinski definition) is 0. The van der Waals surface area contributed by atoms with Crippen LogP contribution in [0.15, 0.2) is 28.7 Å². The summed E-state index contributed by atoms with van der Waals surface area (Å²) in [5.41, 5.74) is 1.51. The number of rotatable bonds is 9. The fourth-order valence-electron chi connectivity index (χ4n) is 5.78. The van der Waals surface area contributed by atoms with Gasteiger partial charge in [-0.05, 0) is 79.9 Å². The third-order valence-corrected chi connectivity index (χ3v) is 8.20. The number of hydrogen-bond acceptors (Lipinski definition) is 0. The van der Waals surface area contributed by atoms with Crippen molar-refractivity contribution < 1.29 is 0 Å². The molecule has 2 aliphatic carbocycles. The fourth-order valence-corrected chi connectivity index (χ4v) is 6.04. The molecule has 3 rings (SSSR count). The Morgan fingerprint density at radius 1 is 0.704 bits per heavy atom. The molecule has 0 unspecified atom stereocenters. The molecule has 0 bridgehead atoms. The van der Waals surface area contributed by atoms with Crippen molar-refractivity contribution >= 4 is 15.9 Å². The zero-order valence-electron chi connectivity index (χ0n) is 17.6. The normalized spacial score (nSPS) is 29.0. The third-order valence-electron chi connectivity index (χ3n) is 7.67. The SMILES string of the molecule is CCCCCCC1CCC(C2CCC(CCc3ccc(Br)cc3)CC2)CC1. The minimum absolute atomic E-state index is 0.986. The molecular formula is C26H41Br. The number of aryl methyl sites for hydroxylation is 1. The molecular weight excluding hydrogens is 392 g/mol. The zero-order chi connectivity index (χ0) is 18.9. The summed E-state index contributed by atoms with van der Waals surface area (Å²) in [6, 6.07) is 8.95. The highest BCUT2D eigenvalue weighted by Crippen LogP contribution is 2.43. The van der Waals surface area contributed by atoms with Crippen LogP contribution in [-0.2, 0) is 6.42 Å². The van der Waals surface area contributed by atoms with Crippen molar-refractivity contribution in [1.82, 2.24) is 0 Å². The highest BCUT2D eigenvalue weighted by Gasteiger charge is 2.30. The van der Waals surface area contributed by atoms with Gasteiger partial charge in [-0.3, -0.25) is 0 Å². The summed E-state index contributed by atoms with van der Waals surface area (Å²) in [4.78, 5) is 0. The van der Waals surface area contributed by atoms with Crippen LogP contribution >= 0.6 is 15.9 Å². The molecule has 1 aromatic carbocycles. The summed E-state index contributed by atoms with van der Waals surface area (Å²) in [7, 11) is 0. The predicted molar refractivity (Wildman–Crippen MR) is 122 cm³/mol. The van der Waals surface area contributed by atoms with E-state index in [4.69, 9.17) is 0 Å². The molecule has 0 radical (unpaired) electrons. The Kier molecular flexibility index (Phi) is 9.23. The first-order valence-corrected chi connectivity index (χ1v) is 12.8. The smallest absolute Gasteiger partial charge is 0.0175 e. The van der Waals surface area contributed by atoms with Crippen LogP contribution in [-0.4, -0.2) is 0 Å². The van der Waals surface area contributed by atoms with E-state index in [9.17, 15) is 0 Å². The molecule has 0 nitrogen and oxygen atoms in total. The van der Waals surface area contributed by atoms with E-state index in [1.807, 2.05) is 0 Å². The van der Waals surface area contributed by atoms with Crippen molar-refractivity contribution in [1.29, 1.82) is 0 Å². The van der Waals surface area contributed by atoms with Crippen LogP contribution < -0.4 is 0 Å². The number of unbranched alkanes of at least 4 members (excludes halogenated alkanes) is 3. The van der Waals surface area contributed by atoms with Gasteiger partial charge in [-0.1, -0.05) is 92.8 Å². The van der Waals surface area contributed by atoms with Crippen molar-refractivity contribution in [2.75, 3.05) is 0 Å². The third kappa shape index (κ3) is 7.22. The molecule has 0 atom stereocenters. The summed E-state index contributed by atoms with van der Waals surface area (Å²) in [6.07, 6.45) is 22.2. The topological polar surface area (TPSA) is 0 Å². The van der Waals surface area contributed by atoms with Crippen LogP contribution in [0, 0.1) is 23.7 Å². The van der Waals surface area contributed by atoms with Crippen LogP contribution in [0.1, 0.15) is 102 Å². The van der Waals surface area contributed by atoms with Gasteiger partial charge in [-0.15, -0.1) is 0 Å². The molecule has 0 saturated heterocycles. The zero-order valence-corrected chi connectivity index (χ0v) is 19.2. The molecule has 27 heavy (non-hydrogen) atoms. The highest BCUT2D eigenvalue weighted by atomic mass is 79.9. The lowest BCUT2D eigenvalue weighted by atomic mass is 9.68. The lowest BCUT2D eigenvalue weighted by Crippen LogP contribution is -2.26. The Bertz CT molecular complexity index is 504. The first-order valence-electron chi connectivity index (χ1n) is 12.0. The average molecular weight is 434 g/mol. The second-order valence-corrected chi connectivity index (χ2v) is 10.5. The molecule has 0 aliphatic heterocycles. The molecule has 1 heteroatoms. The first kappa shape index (κ1) is 21.4. The quantitative estimate of drug-likeness (QED) is 0.341. The van der Waals surface area contributed by atoms with Crippen LogP contribution in [0.2, 0.25) is 0 Å². The van der Waals surface area contributed by atoms with Gasteiger partial charge in [0.05, 0.1) is 0 Å².